The molecular weight excluding hydrogens is 388 g/mol. The van der Waals surface area contributed by atoms with Crippen molar-refractivity contribution in [2.24, 2.45) is 5.92 Å². The molecule has 0 aliphatic rings. The first-order chi connectivity index (χ1) is 14.8. The number of aromatic hydroxyl groups is 2. The Morgan fingerprint density at radius 1 is 0.839 bits per heavy atom. The number of hydrogen-bond acceptors (Lipinski definition) is 4. The zero-order valence-electron chi connectivity index (χ0n) is 18.1. The number of rotatable bonds is 7. The molecule has 0 spiro atoms. The Labute approximate surface area is 183 Å². The van der Waals surface area contributed by atoms with E-state index in [9.17, 15) is 15.0 Å². The highest BCUT2D eigenvalue weighted by molar-refractivity contribution is 5.80. The molecule has 0 aliphatic carbocycles. The predicted molar refractivity (Wildman–Crippen MR) is 124 cm³/mol. The van der Waals surface area contributed by atoms with E-state index in [-0.39, 0.29) is 23.4 Å². The van der Waals surface area contributed by atoms with Gasteiger partial charge in [-0.25, -0.2) is 0 Å². The highest BCUT2D eigenvalue weighted by Crippen LogP contribution is 2.24. The van der Waals surface area contributed by atoms with E-state index >= 15 is 0 Å². The van der Waals surface area contributed by atoms with Crippen molar-refractivity contribution in [3.05, 3.63) is 89.0 Å². The highest BCUT2D eigenvalue weighted by atomic mass is 16.5. The molecular formula is C27H28O4. The molecule has 3 rings (SSSR count). The number of esters is 1. The van der Waals surface area contributed by atoms with Gasteiger partial charge in [0, 0.05) is 6.07 Å². The minimum absolute atomic E-state index is 0.00518. The Bertz CT molecular complexity index is 1030. The van der Waals surface area contributed by atoms with Crippen molar-refractivity contribution < 1.29 is 19.7 Å². The van der Waals surface area contributed by atoms with Gasteiger partial charge in [-0.15, -0.1) is 0 Å². The molecule has 0 heterocycles. The third-order valence-electron chi connectivity index (χ3n) is 4.97. The van der Waals surface area contributed by atoms with E-state index in [1.54, 1.807) is 30.3 Å². The largest absolute Gasteiger partial charge is 0.508 e. The Morgan fingerprint density at radius 3 is 2.00 bits per heavy atom. The van der Waals surface area contributed by atoms with Crippen LogP contribution in [0.25, 0.3) is 12.2 Å². The fraction of sp³-hybridized carbons (Fsp3) is 0.222. The van der Waals surface area contributed by atoms with E-state index in [1.165, 1.54) is 11.6 Å². The topological polar surface area (TPSA) is 66.8 Å². The minimum atomic E-state index is -0.355. The zero-order valence-corrected chi connectivity index (χ0v) is 18.1. The fourth-order valence-electron chi connectivity index (χ4n) is 3.31. The molecule has 0 unspecified atom stereocenters. The van der Waals surface area contributed by atoms with Crippen LogP contribution in [0, 0.1) is 5.92 Å². The molecule has 3 aromatic rings. The second-order valence-electron chi connectivity index (χ2n) is 8.17. The van der Waals surface area contributed by atoms with E-state index in [4.69, 9.17) is 4.74 Å². The summed E-state index contributed by atoms with van der Waals surface area (Å²) in [6.07, 6.45) is 4.65. The lowest BCUT2D eigenvalue weighted by molar-refractivity contribution is -0.135. The second kappa shape index (κ2) is 9.98. The van der Waals surface area contributed by atoms with Crippen LogP contribution >= 0.6 is 0 Å². The highest BCUT2D eigenvalue weighted by Gasteiger charge is 2.17. The molecule has 4 nitrogen and oxygen atoms in total. The van der Waals surface area contributed by atoms with Crippen molar-refractivity contribution in [2.45, 2.75) is 33.1 Å². The maximum absolute atomic E-state index is 12.6. The van der Waals surface area contributed by atoms with Crippen LogP contribution in [0.4, 0.5) is 0 Å². The zero-order chi connectivity index (χ0) is 22.4. The van der Waals surface area contributed by atoms with Gasteiger partial charge in [-0.1, -0.05) is 62.4 Å². The molecule has 4 heteroatoms. The molecule has 0 fully saturated rings. The normalized spacial score (nSPS) is 12.3. The average molecular weight is 417 g/mol. The van der Waals surface area contributed by atoms with E-state index in [0.29, 0.717) is 17.2 Å². The molecule has 0 aromatic heterocycles. The summed E-state index contributed by atoms with van der Waals surface area (Å²) >= 11 is 0. The molecule has 0 bridgehead atoms. The predicted octanol–water partition coefficient (Wildman–Crippen LogP) is 6.18. The summed E-state index contributed by atoms with van der Waals surface area (Å²) in [6, 6.07) is 19.7. The van der Waals surface area contributed by atoms with Gasteiger partial charge in [0.2, 0.25) is 0 Å². The summed E-state index contributed by atoms with van der Waals surface area (Å²) in [7, 11) is 0. The SMILES string of the molecule is CC(C)Cc1ccc([C@@H](C)C(=O)Oc2ccc(/C=C/c3cc(O)cc(O)c3)cc2)cc1. The summed E-state index contributed by atoms with van der Waals surface area (Å²) in [4.78, 5) is 12.6. The minimum Gasteiger partial charge on any atom is -0.508 e. The maximum Gasteiger partial charge on any atom is 0.318 e. The van der Waals surface area contributed by atoms with E-state index < -0.39 is 0 Å². The standard InChI is InChI=1S/C27H28O4/c1-18(2)14-21-6-10-23(11-7-21)19(3)27(30)31-26-12-8-20(9-13-26)4-5-22-15-24(28)17-25(29)16-22/h4-13,15-19,28-29H,14H2,1-3H3/b5-4+/t19-/m1/s1. The number of phenols is 2. The third-order valence-corrected chi connectivity index (χ3v) is 4.97. The van der Waals surface area contributed by atoms with Crippen LogP contribution in [-0.2, 0) is 11.2 Å². The van der Waals surface area contributed by atoms with Crippen molar-refractivity contribution in [3.63, 3.8) is 0 Å². The average Bonchev–Trinajstić information content (AvgIpc) is 2.72. The lowest BCUT2D eigenvalue weighted by Gasteiger charge is -2.13. The molecule has 2 N–H and O–H groups in total. The monoisotopic (exact) mass is 416 g/mol. The first-order valence-corrected chi connectivity index (χ1v) is 10.4. The summed E-state index contributed by atoms with van der Waals surface area (Å²) in [5, 5.41) is 19.1. The van der Waals surface area contributed by atoms with Crippen LogP contribution < -0.4 is 4.74 Å². The number of carbonyl (C=O) groups is 1. The molecule has 160 valence electrons. The summed E-state index contributed by atoms with van der Waals surface area (Å²) in [5.74, 6) is 0.441. The maximum atomic E-state index is 12.6. The van der Waals surface area contributed by atoms with Crippen LogP contribution in [0.15, 0.2) is 66.7 Å². The van der Waals surface area contributed by atoms with Crippen molar-refractivity contribution in [3.8, 4) is 17.2 Å². The molecule has 31 heavy (non-hydrogen) atoms. The van der Waals surface area contributed by atoms with Crippen molar-refractivity contribution in [1.82, 2.24) is 0 Å². The van der Waals surface area contributed by atoms with Crippen LogP contribution in [0.1, 0.15) is 48.9 Å². The van der Waals surface area contributed by atoms with Gasteiger partial charge < -0.3 is 14.9 Å². The Kier molecular flexibility index (Phi) is 7.14. The van der Waals surface area contributed by atoms with Gasteiger partial charge in [0.05, 0.1) is 5.92 Å². The van der Waals surface area contributed by atoms with Crippen LogP contribution in [-0.4, -0.2) is 16.2 Å². The number of hydrogen-bond donors (Lipinski definition) is 2. The van der Waals surface area contributed by atoms with E-state index in [2.05, 4.69) is 26.0 Å². The summed E-state index contributed by atoms with van der Waals surface area (Å²) in [6.45, 7) is 6.22. The van der Waals surface area contributed by atoms with Gasteiger partial charge >= 0.3 is 5.97 Å². The number of benzene rings is 3. The molecule has 1 atom stereocenters. The Morgan fingerprint density at radius 2 is 1.42 bits per heavy atom. The second-order valence-corrected chi connectivity index (χ2v) is 8.17. The molecule has 3 aromatic carbocycles. The van der Waals surface area contributed by atoms with E-state index in [0.717, 1.165) is 17.5 Å². The van der Waals surface area contributed by atoms with Crippen LogP contribution in [0.2, 0.25) is 0 Å². The lowest BCUT2D eigenvalue weighted by atomic mass is 9.97. The first kappa shape index (κ1) is 22.2. The van der Waals surface area contributed by atoms with Gasteiger partial charge in [0.15, 0.2) is 0 Å². The third kappa shape index (κ3) is 6.48. The lowest BCUT2D eigenvalue weighted by Crippen LogP contribution is -2.16. The summed E-state index contributed by atoms with van der Waals surface area (Å²) in [5.41, 5.74) is 3.79. The quantitative estimate of drug-likeness (QED) is 0.274. The molecule has 0 aliphatic heterocycles. The van der Waals surface area contributed by atoms with Crippen LogP contribution in [0.3, 0.4) is 0 Å². The van der Waals surface area contributed by atoms with E-state index in [1.807, 2.05) is 37.3 Å². The fourth-order valence-corrected chi connectivity index (χ4v) is 3.31. The van der Waals surface area contributed by atoms with Crippen LogP contribution in [0.5, 0.6) is 17.2 Å². The number of carbonyl (C=O) groups excluding carboxylic acids is 1. The number of phenolic OH excluding ortho intramolecular Hbond substituents is 2. The molecule has 0 amide bonds. The van der Waals surface area contributed by atoms with Gasteiger partial charge in [-0.05, 0) is 65.8 Å². The Hall–Kier alpha value is -3.53. The molecule has 0 radical (unpaired) electrons. The first-order valence-electron chi connectivity index (χ1n) is 10.4. The Balaban J connectivity index is 1.61. The molecule has 0 saturated heterocycles. The van der Waals surface area contributed by atoms with Crippen molar-refractivity contribution in [1.29, 1.82) is 0 Å². The van der Waals surface area contributed by atoms with Gasteiger partial charge in [-0.2, -0.15) is 0 Å². The van der Waals surface area contributed by atoms with Gasteiger partial charge in [-0.3, -0.25) is 4.79 Å². The smallest absolute Gasteiger partial charge is 0.318 e. The molecule has 0 saturated carbocycles. The van der Waals surface area contributed by atoms with Crippen molar-refractivity contribution in [2.75, 3.05) is 0 Å². The van der Waals surface area contributed by atoms with Crippen molar-refractivity contribution >= 4 is 18.1 Å². The summed E-state index contributed by atoms with van der Waals surface area (Å²) < 4.78 is 5.55. The van der Waals surface area contributed by atoms with Gasteiger partial charge in [0.1, 0.15) is 17.2 Å². The van der Waals surface area contributed by atoms with Gasteiger partial charge in [0.25, 0.3) is 0 Å². The number of ether oxygens (including phenoxy) is 1.